The molecule has 1 atom stereocenters. The van der Waals surface area contributed by atoms with E-state index in [1.165, 1.54) is 0 Å². The first-order valence-electron chi connectivity index (χ1n) is 5.05. The zero-order valence-corrected chi connectivity index (χ0v) is 10.8. The van der Waals surface area contributed by atoms with Gasteiger partial charge in [-0.3, -0.25) is 9.59 Å². The number of amides is 2. The van der Waals surface area contributed by atoms with E-state index in [0.717, 1.165) is 12.3 Å². The van der Waals surface area contributed by atoms with Crippen LogP contribution in [0.4, 0.5) is 0 Å². The molecule has 0 radical (unpaired) electrons. The maximum atomic E-state index is 11.6. The zero-order chi connectivity index (χ0) is 14.2. The first-order valence-corrected chi connectivity index (χ1v) is 7.11. The van der Waals surface area contributed by atoms with Crippen LogP contribution in [0.5, 0.6) is 0 Å². The van der Waals surface area contributed by atoms with Crippen molar-refractivity contribution in [1.29, 1.82) is 5.26 Å². The lowest BCUT2D eigenvalue weighted by molar-refractivity contribution is -0.126. The summed E-state index contributed by atoms with van der Waals surface area (Å²) in [6, 6.07) is 0.635. The van der Waals surface area contributed by atoms with Gasteiger partial charge in [-0.05, 0) is 6.08 Å². The van der Waals surface area contributed by atoms with Gasteiger partial charge in [-0.1, -0.05) is 6.58 Å². The Labute approximate surface area is 106 Å². The fourth-order valence-electron chi connectivity index (χ4n) is 1.08. The molecule has 0 heterocycles. The lowest BCUT2D eigenvalue weighted by Crippen LogP contribution is -2.50. The molecule has 2 N–H and O–H groups in total. The van der Waals surface area contributed by atoms with Crippen molar-refractivity contribution in [3.63, 3.8) is 0 Å². The summed E-state index contributed by atoms with van der Waals surface area (Å²) in [7, 11) is -3.43. The minimum atomic E-state index is -3.43. The number of hydrogen-bond donors (Lipinski definition) is 2. The largest absolute Gasteiger partial charge is 0.353 e. The predicted octanol–water partition coefficient (Wildman–Crippen LogP) is -1.27. The standard InChI is InChI=1S/C10H15N3O4S/c1-3-9(14)13-8(7-18(2,16)17)10(15)12-6-4-5-11/h3,8H,1,4,6-7H2,2H3,(H,12,15)(H,13,14). The summed E-state index contributed by atoms with van der Waals surface area (Å²) >= 11 is 0. The molecule has 0 rings (SSSR count). The predicted molar refractivity (Wildman–Crippen MR) is 65.1 cm³/mol. The zero-order valence-electron chi connectivity index (χ0n) is 9.97. The fourth-order valence-corrected chi connectivity index (χ4v) is 1.92. The van der Waals surface area contributed by atoms with Crippen molar-refractivity contribution in [2.24, 2.45) is 0 Å². The van der Waals surface area contributed by atoms with Crippen LogP contribution in [0.2, 0.25) is 0 Å². The molecule has 100 valence electrons. The first-order chi connectivity index (χ1) is 8.30. The summed E-state index contributed by atoms with van der Waals surface area (Å²) < 4.78 is 22.3. The molecular formula is C10H15N3O4S. The molecule has 8 heteroatoms. The number of hydrogen-bond acceptors (Lipinski definition) is 5. The molecule has 0 spiro atoms. The second-order valence-corrected chi connectivity index (χ2v) is 5.74. The van der Waals surface area contributed by atoms with Crippen LogP contribution >= 0.6 is 0 Å². The number of nitrogens with zero attached hydrogens (tertiary/aromatic N) is 1. The van der Waals surface area contributed by atoms with Crippen molar-refractivity contribution >= 4 is 21.7 Å². The molecule has 0 saturated heterocycles. The van der Waals surface area contributed by atoms with E-state index >= 15 is 0 Å². The molecule has 1 unspecified atom stereocenters. The van der Waals surface area contributed by atoms with E-state index < -0.39 is 33.4 Å². The monoisotopic (exact) mass is 273 g/mol. The number of nitriles is 1. The van der Waals surface area contributed by atoms with Gasteiger partial charge in [0, 0.05) is 12.8 Å². The summed E-state index contributed by atoms with van der Waals surface area (Å²) in [5, 5.41) is 12.9. The van der Waals surface area contributed by atoms with Gasteiger partial charge < -0.3 is 10.6 Å². The lowest BCUT2D eigenvalue weighted by Gasteiger charge is -2.16. The van der Waals surface area contributed by atoms with E-state index in [2.05, 4.69) is 17.2 Å². The second kappa shape index (κ2) is 7.45. The molecule has 0 aromatic carbocycles. The number of carbonyl (C=O) groups is 2. The molecule has 0 aliphatic rings. The van der Waals surface area contributed by atoms with Crippen LogP contribution in [0.1, 0.15) is 6.42 Å². The van der Waals surface area contributed by atoms with E-state index in [1.54, 1.807) is 0 Å². The van der Waals surface area contributed by atoms with Crippen LogP contribution in [0.25, 0.3) is 0 Å². The van der Waals surface area contributed by atoms with E-state index in [9.17, 15) is 18.0 Å². The number of nitrogens with one attached hydrogen (secondary N) is 2. The maximum absolute atomic E-state index is 11.6. The van der Waals surface area contributed by atoms with Gasteiger partial charge in [0.1, 0.15) is 15.9 Å². The molecular weight excluding hydrogens is 258 g/mol. The molecule has 0 aromatic rings. The Hall–Kier alpha value is -1.88. The summed E-state index contributed by atoms with van der Waals surface area (Å²) in [5.74, 6) is -1.80. The van der Waals surface area contributed by atoms with E-state index in [1.807, 2.05) is 6.07 Å². The van der Waals surface area contributed by atoms with Crippen LogP contribution in [0, 0.1) is 11.3 Å². The second-order valence-electron chi connectivity index (χ2n) is 3.56. The molecule has 2 amide bonds. The van der Waals surface area contributed by atoms with Crippen molar-refractivity contribution in [2.45, 2.75) is 12.5 Å². The van der Waals surface area contributed by atoms with Gasteiger partial charge >= 0.3 is 0 Å². The summed E-state index contributed by atoms with van der Waals surface area (Å²) in [6.45, 7) is 3.31. The molecule has 0 aliphatic heterocycles. The van der Waals surface area contributed by atoms with Gasteiger partial charge in [0.15, 0.2) is 0 Å². The number of sulfone groups is 1. The highest BCUT2D eigenvalue weighted by atomic mass is 32.2. The van der Waals surface area contributed by atoms with E-state index in [0.29, 0.717) is 0 Å². The van der Waals surface area contributed by atoms with E-state index in [-0.39, 0.29) is 13.0 Å². The third kappa shape index (κ3) is 7.40. The van der Waals surface area contributed by atoms with Crippen molar-refractivity contribution < 1.29 is 18.0 Å². The molecule has 7 nitrogen and oxygen atoms in total. The van der Waals surface area contributed by atoms with Crippen molar-refractivity contribution in [3.8, 4) is 6.07 Å². The van der Waals surface area contributed by atoms with Crippen LogP contribution in [0.15, 0.2) is 12.7 Å². The Kier molecular flexibility index (Phi) is 6.67. The Bertz CT molecular complexity index is 464. The minimum Gasteiger partial charge on any atom is -0.353 e. The number of rotatable bonds is 7. The van der Waals surface area contributed by atoms with Gasteiger partial charge in [-0.15, -0.1) is 0 Å². The average molecular weight is 273 g/mol. The molecule has 18 heavy (non-hydrogen) atoms. The third-order valence-corrected chi connectivity index (χ3v) is 2.76. The van der Waals surface area contributed by atoms with Crippen LogP contribution in [0.3, 0.4) is 0 Å². The van der Waals surface area contributed by atoms with Crippen molar-refractivity contribution in [2.75, 3.05) is 18.6 Å². The highest BCUT2D eigenvalue weighted by Gasteiger charge is 2.23. The molecule has 0 saturated carbocycles. The highest BCUT2D eigenvalue weighted by Crippen LogP contribution is 1.93. The van der Waals surface area contributed by atoms with Crippen molar-refractivity contribution in [1.82, 2.24) is 10.6 Å². The summed E-state index contributed by atoms with van der Waals surface area (Å²) in [4.78, 5) is 22.7. The highest BCUT2D eigenvalue weighted by molar-refractivity contribution is 7.90. The third-order valence-electron chi connectivity index (χ3n) is 1.82. The first kappa shape index (κ1) is 16.1. The molecule has 0 aliphatic carbocycles. The van der Waals surface area contributed by atoms with Crippen molar-refractivity contribution in [3.05, 3.63) is 12.7 Å². The Morgan fingerprint density at radius 2 is 2.11 bits per heavy atom. The average Bonchev–Trinajstić information content (AvgIpc) is 2.26. The van der Waals surface area contributed by atoms with Crippen LogP contribution < -0.4 is 10.6 Å². The lowest BCUT2D eigenvalue weighted by atomic mass is 10.3. The Morgan fingerprint density at radius 1 is 1.50 bits per heavy atom. The van der Waals surface area contributed by atoms with Crippen LogP contribution in [-0.2, 0) is 19.4 Å². The topological polar surface area (TPSA) is 116 Å². The van der Waals surface area contributed by atoms with Gasteiger partial charge in [-0.25, -0.2) is 8.42 Å². The normalized spacial score (nSPS) is 12.0. The van der Waals surface area contributed by atoms with Crippen LogP contribution in [-0.4, -0.2) is 44.8 Å². The molecule has 0 bridgehead atoms. The van der Waals surface area contributed by atoms with Gasteiger partial charge in [0.2, 0.25) is 11.8 Å². The summed E-state index contributed by atoms with van der Waals surface area (Å²) in [5.41, 5.74) is 0. The smallest absolute Gasteiger partial charge is 0.244 e. The van der Waals surface area contributed by atoms with Gasteiger partial charge in [0.25, 0.3) is 0 Å². The molecule has 0 fully saturated rings. The Morgan fingerprint density at radius 3 is 2.56 bits per heavy atom. The SMILES string of the molecule is C=CC(=O)NC(CS(C)(=O)=O)C(=O)NCCC#N. The maximum Gasteiger partial charge on any atom is 0.244 e. The van der Waals surface area contributed by atoms with Gasteiger partial charge in [-0.2, -0.15) is 5.26 Å². The van der Waals surface area contributed by atoms with E-state index in [4.69, 9.17) is 5.26 Å². The minimum absolute atomic E-state index is 0.0968. The fraction of sp³-hybridized carbons (Fsp3) is 0.500. The molecule has 0 aromatic heterocycles. The van der Waals surface area contributed by atoms with Gasteiger partial charge in [0.05, 0.1) is 18.2 Å². The number of carbonyl (C=O) groups excluding carboxylic acids is 2. The Balaban J connectivity index is 4.65. The quantitative estimate of drug-likeness (QED) is 0.443. The summed E-state index contributed by atoms with van der Waals surface area (Å²) in [6.07, 6.45) is 2.01.